The summed E-state index contributed by atoms with van der Waals surface area (Å²) in [6, 6.07) is 7.54. The Bertz CT molecular complexity index is 551. The summed E-state index contributed by atoms with van der Waals surface area (Å²) >= 11 is 3.87. The summed E-state index contributed by atoms with van der Waals surface area (Å²) in [4.78, 5) is 25.0. The molecular weight excluding hydrogens is 318 g/mol. The summed E-state index contributed by atoms with van der Waals surface area (Å²) in [5.74, 6) is 1.06. The zero-order valence-corrected chi connectivity index (χ0v) is 14.7. The standard InChI is InChI=1S/C16H21NO3S2/c1-16(2,15(19)20)17(3)13(18)11-5-7-12(8-6-11)14-21-9-4-10-22-14/h5-8,14H,4,9-10H2,1-3H3,(H,19,20). The lowest BCUT2D eigenvalue weighted by Gasteiger charge is -2.31. The first-order valence-electron chi connectivity index (χ1n) is 7.19. The van der Waals surface area contributed by atoms with Crippen LogP contribution in [-0.2, 0) is 4.79 Å². The van der Waals surface area contributed by atoms with E-state index in [9.17, 15) is 14.7 Å². The maximum Gasteiger partial charge on any atom is 0.329 e. The molecule has 1 saturated heterocycles. The van der Waals surface area contributed by atoms with E-state index in [-0.39, 0.29) is 5.91 Å². The number of aliphatic carboxylic acids is 1. The van der Waals surface area contributed by atoms with E-state index in [1.165, 1.54) is 49.3 Å². The number of carboxylic acids is 1. The summed E-state index contributed by atoms with van der Waals surface area (Å²) in [6.45, 7) is 3.05. The van der Waals surface area contributed by atoms with Crippen LogP contribution >= 0.6 is 23.5 Å². The minimum atomic E-state index is -1.23. The van der Waals surface area contributed by atoms with Crippen molar-refractivity contribution in [3.63, 3.8) is 0 Å². The van der Waals surface area contributed by atoms with Crippen molar-refractivity contribution in [2.75, 3.05) is 18.6 Å². The molecule has 1 aliphatic rings. The molecule has 22 heavy (non-hydrogen) atoms. The minimum Gasteiger partial charge on any atom is -0.480 e. The topological polar surface area (TPSA) is 57.6 Å². The molecule has 4 nitrogen and oxygen atoms in total. The van der Waals surface area contributed by atoms with Gasteiger partial charge in [-0.3, -0.25) is 4.79 Å². The molecule has 1 amide bonds. The van der Waals surface area contributed by atoms with Gasteiger partial charge in [-0.2, -0.15) is 0 Å². The molecule has 120 valence electrons. The van der Waals surface area contributed by atoms with E-state index in [0.29, 0.717) is 10.1 Å². The van der Waals surface area contributed by atoms with Gasteiger partial charge in [0.1, 0.15) is 5.54 Å². The molecule has 0 aromatic heterocycles. The summed E-state index contributed by atoms with van der Waals surface area (Å²) in [7, 11) is 1.53. The van der Waals surface area contributed by atoms with Crippen molar-refractivity contribution in [1.82, 2.24) is 4.90 Å². The lowest BCUT2D eigenvalue weighted by molar-refractivity contribution is -0.147. The van der Waals surface area contributed by atoms with Crippen molar-refractivity contribution in [1.29, 1.82) is 0 Å². The third-order valence-corrected chi connectivity index (χ3v) is 6.94. The van der Waals surface area contributed by atoms with E-state index in [1.54, 1.807) is 12.1 Å². The predicted molar refractivity (Wildman–Crippen MR) is 92.5 cm³/mol. The van der Waals surface area contributed by atoms with Gasteiger partial charge >= 0.3 is 5.97 Å². The smallest absolute Gasteiger partial charge is 0.329 e. The number of likely N-dealkylation sites (N-methyl/N-ethyl adjacent to an activating group) is 1. The van der Waals surface area contributed by atoms with Crippen molar-refractivity contribution in [2.45, 2.75) is 30.4 Å². The molecule has 0 radical (unpaired) electrons. The van der Waals surface area contributed by atoms with Gasteiger partial charge in [-0.1, -0.05) is 12.1 Å². The first kappa shape index (κ1) is 17.2. The maximum absolute atomic E-state index is 12.4. The van der Waals surface area contributed by atoms with Gasteiger partial charge < -0.3 is 10.0 Å². The molecular formula is C16H21NO3S2. The maximum atomic E-state index is 12.4. The van der Waals surface area contributed by atoms with Crippen LogP contribution < -0.4 is 0 Å². The van der Waals surface area contributed by atoms with Gasteiger partial charge in [0.05, 0.1) is 4.58 Å². The van der Waals surface area contributed by atoms with Gasteiger partial charge in [0, 0.05) is 12.6 Å². The Labute approximate surface area is 139 Å². The Morgan fingerprint density at radius 1 is 1.18 bits per heavy atom. The highest BCUT2D eigenvalue weighted by atomic mass is 32.2. The number of hydrogen-bond donors (Lipinski definition) is 1. The van der Waals surface area contributed by atoms with Crippen LogP contribution in [0.3, 0.4) is 0 Å². The Morgan fingerprint density at radius 2 is 1.73 bits per heavy atom. The third-order valence-electron chi connectivity index (χ3n) is 3.92. The summed E-state index contributed by atoms with van der Waals surface area (Å²) in [5, 5.41) is 9.22. The minimum absolute atomic E-state index is 0.275. The number of carboxylic acid groups (broad SMARTS) is 1. The van der Waals surface area contributed by atoms with Gasteiger partial charge in [-0.15, -0.1) is 23.5 Å². The molecule has 1 heterocycles. The number of carbonyl (C=O) groups excluding carboxylic acids is 1. The number of rotatable bonds is 4. The van der Waals surface area contributed by atoms with Crippen LogP contribution in [0.1, 0.15) is 40.8 Å². The Kier molecular flexibility index (Phi) is 5.45. The molecule has 1 N–H and O–H groups in total. The van der Waals surface area contributed by atoms with Crippen molar-refractivity contribution in [3.05, 3.63) is 35.4 Å². The van der Waals surface area contributed by atoms with E-state index in [4.69, 9.17) is 0 Å². The third kappa shape index (κ3) is 3.60. The molecule has 0 unspecified atom stereocenters. The quantitative estimate of drug-likeness (QED) is 0.910. The second-order valence-electron chi connectivity index (χ2n) is 5.78. The van der Waals surface area contributed by atoms with Gasteiger partial charge in [0.2, 0.25) is 0 Å². The molecule has 0 aliphatic carbocycles. The van der Waals surface area contributed by atoms with Gasteiger partial charge in [0.15, 0.2) is 0 Å². The lowest BCUT2D eigenvalue weighted by Crippen LogP contribution is -2.50. The number of amides is 1. The summed E-state index contributed by atoms with van der Waals surface area (Å²) in [6.07, 6.45) is 1.25. The predicted octanol–water partition coefficient (Wildman–Crippen LogP) is 3.49. The highest BCUT2D eigenvalue weighted by Gasteiger charge is 2.35. The fourth-order valence-corrected chi connectivity index (χ4v) is 4.95. The van der Waals surface area contributed by atoms with E-state index < -0.39 is 11.5 Å². The number of carbonyl (C=O) groups is 2. The second kappa shape index (κ2) is 6.96. The molecule has 1 fully saturated rings. The van der Waals surface area contributed by atoms with E-state index in [0.717, 1.165) is 0 Å². The fraction of sp³-hybridized carbons (Fsp3) is 0.500. The Balaban J connectivity index is 2.12. The van der Waals surface area contributed by atoms with E-state index in [1.807, 2.05) is 35.7 Å². The fourth-order valence-electron chi connectivity index (χ4n) is 2.05. The Morgan fingerprint density at radius 3 is 2.23 bits per heavy atom. The van der Waals surface area contributed by atoms with Crippen LogP contribution in [0.5, 0.6) is 0 Å². The molecule has 0 saturated carbocycles. The molecule has 0 bridgehead atoms. The second-order valence-corrected chi connectivity index (χ2v) is 8.50. The summed E-state index contributed by atoms with van der Waals surface area (Å²) in [5.41, 5.74) is 0.503. The molecule has 1 aromatic rings. The number of hydrogen-bond acceptors (Lipinski definition) is 4. The molecule has 1 aromatic carbocycles. The lowest BCUT2D eigenvalue weighted by atomic mass is 10.0. The van der Waals surface area contributed by atoms with Gasteiger partial charge in [-0.05, 0) is 49.5 Å². The van der Waals surface area contributed by atoms with Gasteiger partial charge in [0.25, 0.3) is 5.91 Å². The molecule has 6 heteroatoms. The van der Waals surface area contributed by atoms with Crippen molar-refractivity contribution < 1.29 is 14.7 Å². The molecule has 0 spiro atoms. The first-order valence-corrected chi connectivity index (χ1v) is 9.28. The zero-order chi connectivity index (χ0) is 16.3. The van der Waals surface area contributed by atoms with Crippen LogP contribution in [0.4, 0.5) is 0 Å². The van der Waals surface area contributed by atoms with E-state index in [2.05, 4.69) is 0 Å². The summed E-state index contributed by atoms with van der Waals surface area (Å²) < 4.78 is 0.436. The van der Waals surface area contributed by atoms with Crippen molar-refractivity contribution in [3.8, 4) is 0 Å². The highest BCUT2D eigenvalue weighted by Crippen LogP contribution is 2.43. The zero-order valence-electron chi connectivity index (χ0n) is 13.0. The van der Waals surface area contributed by atoms with Crippen LogP contribution in [0, 0.1) is 0 Å². The number of benzene rings is 1. The Hall–Kier alpha value is -1.14. The largest absolute Gasteiger partial charge is 0.480 e. The van der Waals surface area contributed by atoms with Crippen LogP contribution in [0.25, 0.3) is 0 Å². The normalized spacial score (nSPS) is 16.3. The van der Waals surface area contributed by atoms with Crippen molar-refractivity contribution in [2.24, 2.45) is 0 Å². The average molecular weight is 339 g/mol. The first-order chi connectivity index (χ1) is 10.3. The van der Waals surface area contributed by atoms with Crippen LogP contribution in [0.2, 0.25) is 0 Å². The number of thioether (sulfide) groups is 2. The van der Waals surface area contributed by atoms with Crippen molar-refractivity contribution >= 4 is 35.4 Å². The van der Waals surface area contributed by atoms with Crippen LogP contribution in [-0.4, -0.2) is 46.0 Å². The van der Waals surface area contributed by atoms with Gasteiger partial charge in [-0.25, -0.2) is 4.79 Å². The number of nitrogens with zero attached hydrogens (tertiary/aromatic N) is 1. The monoisotopic (exact) mass is 339 g/mol. The highest BCUT2D eigenvalue weighted by molar-refractivity contribution is 8.16. The molecule has 2 rings (SSSR count). The molecule has 1 aliphatic heterocycles. The van der Waals surface area contributed by atoms with E-state index >= 15 is 0 Å². The van der Waals surface area contributed by atoms with Crippen LogP contribution in [0.15, 0.2) is 24.3 Å². The molecule has 0 atom stereocenters. The SMILES string of the molecule is CN(C(=O)c1ccc(C2SCCCS2)cc1)C(C)(C)C(=O)O. The average Bonchev–Trinajstić information content (AvgIpc) is 2.54.